The van der Waals surface area contributed by atoms with Crippen LogP contribution in [-0.4, -0.2) is 30.1 Å². The van der Waals surface area contributed by atoms with E-state index in [1.165, 1.54) is 0 Å². The minimum atomic E-state index is -1.02. The fourth-order valence-corrected chi connectivity index (χ4v) is 2.33. The van der Waals surface area contributed by atoms with E-state index in [0.29, 0.717) is 12.1 Å². The molecule has 0 aromatic heterocycles. The van der Waals surface area contributed by atoms with Crippen LogP contribution < -0.4 is 4.90 Å². The monoisotopic (exact) mass is 283 g/mol. The normalized spacial score (nSPS) is 12.0. The van der Waals surface area contributed by atoms with Gasteiger partial charge in [-0.05, 0) is 31.5 Å². The van der Waals surface area contributed by atoms with Gasteiger partial charge in [0.05, 0.1) is 6.54 Å². The van der Waals surface area contributed by atoms with E-state index in [1.807, 2.05) is 43.0 Å². The summed E-state index contributed by atoms with van der Waals surface area (Å²) in [5, 5.41) is 10.2. The highest BCUT2D eigenvalue weighted by molar-refractivity contribution is 5.99. The van der Waals surface area contributed by atoms with Crippen molar-refractivity contribution in [2.24, 2.45) is 0 Å². The molecule has 2 aromatic rings. The number of benzene rings is 2. The Morgan fingerprint density at radius 2 is 1.86 bits per heavy atom. The lowest BCUT2D eigenvalue weighted by atomic mass is 10.1. The van der Waals surface area contributed by atoms with E-state index in [2.05, 4.69) is 6.07 Å². The molecule has 0 spiro atoms. The maximum atomic E-state index is 12.2. The van der Waals surface area contributed by atoms with Crippen molar-refractivity contribution < 1.29 is 9.90 Å². The average molecular weight is 283 g/mol. The van der Waals surface area contributed by atoms with Crippen LogP contribution in [0.2, 0.25) is 0 Å². The molecule has 0 bridgehead atoms. The molecule has 3 nitrogen and oxygen atoms in total. The smallest absolute Gasteiger partial charge is 0.193 e. The number of rotatable bonds is 6. The Kier molecular flexibility index (Phi) is 5.12. The Morgan fingerprint density at radius 1 is 1.14 bits per heavy atom. The van der Waals surface area contributed by atoms with Crippen molar-refractivity contribution in [2.75, 3.05) is 18.0 Å². The molecule has 0 heterocycles. The number of aryl methyl sites for hydroxylation is 1. The van der Waals surface area contributed by atoms with Crippen molar-refractivity contribution in [1.82, 2.24) is 0 Å². The number of ketones is 1. The minimum absolute atomic E-state index is 0.235. The molecule has 0 aliphatic rings. The Balaban J connectivity index is 2.10. The average Bonchev–Trinajstić information content (AvgIpc) is 2.52. The van der Waals surface area contributed by atoms with Crippen molar-refractivity contribution in [3.8, 4) is 0 Å². The summed E-state index contributed by atoms with van der Waals surface area (Å²) in [6.07, 6.45) is -1.02. The molecule has 0 saturated heterocycles. The summed E-state index contributed by atoms with van der Waals surface area (Å²) in [6.45, 7) is 5.08. The lowest BCUT2D eigenvalue weighted by Gasteiger charge is -2.25. The maximum Gasteiger partial charge on any atom is 0.193 e. The van der Waals surface area contributed by atoms with Gasteiger partial charge in [-0.1, -0.05) is 42.5 Å². The summed E-state index contributed by atoms with van der Waals surface area (Å²) in [6, 6.07) is 17.0. The van der Waals surface area contributed by atoms with Gasteiger partial charge in [-0.25, -0.2) is 0 Å². The zero-order chi connectivity index (χ0) is 15.2. The summed E-state index contributed by atoms with van der Waals surface area (Å²) in [4.78, 5) is 14.2. The van der Waals surface area contributed by atoms with Gasteiger partial charge >= 0.3 is 0 Å². The molecular formula is C18H21NO2. The molecular weight excluding hydrogens is 262 g/mol. The zero-order valence-corrected chi connectivity index (χ0v) is 12.5. The third-order valence-corrected chi connectivity index (χ3v) is 3.50. The van der Waals surface area contributed by atoms with E-state index < -0.39 is 6.10 Å². The van der Waals surface area contributed by atoms with Crippen LogP contribution in [0.25, 0.3) is 0 Å². The van der Waals surface area contributed by atoms with E-state index >= 15 is 0 Å². The van der Waals surface area contributed by atoms with Gasteiger partial charge in [-0.3, -0.25) is 4.79 Å². The predicted octanol–water partition coefficient (Wildman–Crippen LogP) is 3.07. The van der Waals surface area contributed by atoms with Crippen LogP contribution in [0.4, 0.5) is 5.69 Å². The van der Waals surface area contributed by atoms with Gasteiger partial charge in [-0.15, -0.1) is 0 Å². The van der Waals surface area contributed by atoms with Crippen molar-refractivity contribution in [3.05, 3.63) is 65.7 Å². The van der Waals surface area contributed by atoms with Crippen LogP contribution in [0, 0.1) is 6.92 Å². The number of Topliss-reactive ketones (excluding diaryl/α,β-unsaturated/α-hetero) is 1. The Morgan fingerprint density at radius 3 is 2.48 bits per heavy atom. The van der Waals surface area contributed by atoms with E-state index in [1.54, 1.807) is 24.3 Å². The quantitative estimate of drug-likeness (QED) is 0.828. The fraction of sp³-hybridized carbons (Fsp3) is 0.278. The third kappa shape index (κ3) is 3.92. The first kappa shape index (κ1) is 15.3. The molecule has 2 aromatic carbocycles. The van der Waals surface area contributed by atoms with Crippen LogP contribution in [0.5, 0.6) is 0 Å². The van der Waals surface area contributed by atoms with Gasteiger partial charge < -0.3 is 10.0 Å². The SMILES string of the molecule is CCN(CC(O)C(=O)c1ccccc1)c1cccc(C)c1. The topological polar surface area (TPSA) is 40.5 Å². The van der Waals surface area contributed by atoms with Gasteiger partial charge in [0.25, 0.3) is 0 Å². The number of likely N-dealkylation sites (N-methyl/N-ethyl adjacent to an activating group) is 1. The highest BCUT2D eigenvalue weighted by atomic mass is 16.3. The molecule has 0 saturated carbocycles. The standard InChI is InChI=1S/C18H21NO2/c1-3-19(16-11-7-8-14(2)12-16)13-17(20)18(21)15-9-5-4-6-10-15/h4-12,17,20H,3,13H2,1-2H3. The van der Waals surface area contributed by atoms with Crippen LogP contribution in [0.3, 0.4) is 0 Å². The van der Waals surface area contributed by atoms with E-state index in [4.69, 9.17) is 0 Å². The molecule has 0 aliphatic heterocycles. The summed E-state index contributed by atoms with van der Waals surface area (Å²) >= 11 is 0. The van der Waals surface area contributed by atoms with Crippen LogP contribution >= 0.6 is 0 Å². The number of aliphatic hydroxyl groups excluding tert-OH is 1. The van der Waals surface area contributed by atoms with Crippen LogP contribution in [0.1, 0.15) is 22.8 Å². The largest absolute Gasteiger partial charge is 0.383 e. The van der Waals surface area contributed by atoms with Crippen molar-refractivity contribution in [1.29, 1.82) is 0 Å². The number of aliphatic hydroxyl groups is 1. The van der Waals surface area contributed by atoms with Gasteiger partial charge in [0.1, 0.15) is 6.10 Å². The zero-order valence-electron chi connectivity index (χ0n) is 12.5. The van der Waals surface area contributed by atoms with Gasteiger partial charge in [0.2, 0.25) is 0 Å². The molecule has 1 atom stereocenters. The molecule has 1 unspecified atom stereocenters. The maximum absolute atomic E-state index is 12.2. The number of hydrogen-bond donors (Lipinski definition) is 1. The Hall–Kier alpha value is -2.13. The molecule has 0 amide bonds. The molecule has 1 N–H and O–H groups in total. The second-order valence-electron chi connectivity index (χ2n) is 5.12. The fourth-order valence-electron chi connectivity index (χ4n) is 2.33. The highest BCUT2D eigenvalue weighted by Crippen LogP contribution is 2.16. The lowest BCUT2D eigenvalue weighted by molar-refractivity contribution is 0.0759. The highest BCUT2D eigenvalue weighted by Gasteiger charge is 2.20. The Bertz CT molecular complexity index is 595. The lowest BCUT2D eigenvalue weighted by Crippen LogP contribution is -2.37. The van der Waals surface area contributed by atoms with Crippen LogP contribution in [0.15, 0.2) is 54.6 Å². The number of hydrogen-bond acceptors (Lipinski definition) is 3. The van der Waals surface area contributed by atoms with Gasteiger partial charge in [0.15, 0.2) is 5.78 Å². The molecule has 0 radical (unpaired) electrons. The van der Waals surface area contributed by atoms with Crippen molar-refractivity contribution in [2.45, 2.75) is 20.0 Å². The molecule has 3 heteroatoms. The summed E-state index contributed by atoms with van der Waals surface area (Å²) in [7, 11) is 0. The second kappa shape index (κ2) is 7.04. The predicted molar refractivity (Wildman–Crippen MR) is 85.8 cm³/mol. The number of carbonyl (C=O) groups excluding carboxylic acids is 1. The van der Waals surface area contributed by atoms with Gasteiger partial charge in [-0.2, -0.15) is 0 Å². The van der Waals surface area contributed by atoms with Gasteiger partial charge in [0, 0.05) is 17.8 Å². The van der Waals surface area contributed by atoms with E-state index in [-0.39, 0.29) is 5.78 Å². The summed E-state index contributed by atoms with van der Waals surface area (Å²) in [5.74, 6) is -0.235. The Labute approximate surface area is 125 Å². The van der Waals surface area contributed by atoms with E-state index in [9.17, 15) is 9.90 Å². The van der Waals surface area contributed by atoms with Crippen molar-refractivity contribution >= 4 is 11.5 Å². The first-order valence-electron chi connectivity index (χ1n) is 7.20. The number of carbonyl (C=O) groups is 1. The summed E-state index contributed by atoms with van der Waals surface area (Å²) in [5.41, 5.74) is 2.73. The molecule has 0 aliphatic carbocycles. The van der Waals surface area contributed by atoms with E-state index in [0.717, 1.165) is 17.8 Å². The first-order chi connectivity index (χ1) is 10.1. The molecule has 2 rings (SSSR count). The minimum Gasteiger partial charge on any atom is -0.383 e. The second-order valence-corrected chi connectivity index (χ2v) is 5.12. The molecule has 110 valence electrons. The molecule has 0 fully saturated rings. The van der Waals surface area contributed by atoms with Crippen molar-refractivity contribution in [3.63, 3.8) is 0 Å². The number of anilines is 1. The summed E-state index contributed by atoms with van der Waals surface area (Å²) < 4.78 is 0. The third-order valence-electron chi connectivity index (χ3n) is 3.50. The first-order valence-corrected chi connectivity index (χ1v) is 7.20. The molecule has 21 heavy (non-hydrogen) atoms. The number of nitrogens with zero attached hydrogens (tertiary/aromatic N) is 1. The van der Waals surface area contributed by atoms with Crippen LogP contribution in [-0.2, 0) is 0 Å².